The first-order valence-corrected chi connectivity index (χ1v) is 8.36. The molecule has 2 atom stereocenters. The minimum absolute atomic E-state index is 0.0882. The third-order valence-corrected chi connectivity index (χ3v) is 4.37. The summed E-state index contributed by atoms with van der Waals surface area (Å²) in [6.07, 6.45) is -3.96. The van der Waals surface area contributed by atoms with E-state index in [0.29, 0.717) is 19.6 Å². The Bertz CT molecular complexity index is 594. The summed E-state index contributed by atoms with van der Waals surface area (Å²) < 4.78 is 43.5. The van der Waals surface area contributed by atoms with Crippen molar-refractivity contribution in [2.24, 2.45) is 11.7 Å². The Morgan fingerprint density at radius 1 is 1.28 bits per heavy atom. The predicted molar refractivity (Wildman–Crippen MR) is 89.2 cm³/mol. The summed E-state index contributed by atoms with van der Waals surface area (Å²) >= 11 is 0. The van der Waals surface area contributed by atoms with E-state index in [1.165, 1.54) is 12.1 Å². The van der Waals surface area contributed by atoms with E-state index in [-0.39, 0.29) is 17.9 Å². The number of hydrogen-bond donors (Lipinski definition) is 1. The van der Waals surface area contributed by atoms with Crippen molar-refractivity contribution in [3.05, 3.63) is 35.4 Å². The molecule has 2 rings (SSSR count). The molecule has 1 aliphatic rings. The second-order valence-corrected chi connectivity index (χ2v) is 7.44. The zero-order valence-electron chi connectivity index (χ0n) is 14.8. The average Bonchev–Trinajstić information content (AvgIpc) is 2.96. The van der Waals surface area contributed by atoms with E-state index in [4.69, 9.17) is 10.5 Å². The molecule has 1 saturated heterocycles. The molecule has 0 saturated carbocycles. The molecule has 140 valence electrons. The minimum Gasteiger partial charge on any atom is -0.444 e. The van der Waals surface area contributed by atoms with Gasteiger partial charge in [0, 0.05) is 19.0 Å². The molecule has 1 aliphatic heterocycles. The molecule has 1 fully saturated rings. The van der Waals surface area contributed by atoms with Gasteiger partial charge in [0.2, 0.25) is 0 Å². The quantitative estimate of drug-likeness (QED) is 0.888. The number of amides is 1. The van der Waals surface area contributed by atoms with Gasteiger partial charge < -0.3 is 15.4 Å². The Morgan fingerprint density at radius 2 is 1.88 bits per heavy atom. The van der Waals surface area contributed by atoms with Crippen LogP contribution >= 0.6 is 0 Å². The topological polar surface area (TPSA) is 55.6 Å². The predicted octanol–water partition coefficient (Wildman–Crippen LogP) is 4.00. The fraction of sp³-hybridized carbons (Fsp3) is 0.611. The van der Waals surface area contributed by atoms with Gasteiger partial charge in [-0.1, -0.05) is 12.1 Å². The SMILES string of the molecule is CC(C)(C)OC(=O)N1CCC(C(CN)c2ccc(C(F)(F)F)cc2)C1. The third kappa shape index (κ3) is 5.11. The number of carbonyl (C=O) groups excluding carboxylic acids is 1. The molecule has 0 spiro atoms. The number of benzene rings is 1. The van der Waals surface area contributed by atoms with E-state index in [2.05, 4.69) is 0 Å². The van der Waals surface area contributed by atoms with E-state index in [1.807, 2.05) is 20.8 Å². The Balaban J connectivity index is 2.05. The number of rotatable bonds is 3. The molecule has 2 unspecified atom stereocenters. The molecule has 2 N–H and O–H groups in total. The summed E-state index contributed by atoms with van der Waals surface area (Å²) in [5, 5.41) is 0. The van der Waals surface area contributed by atoms with Crippen LogP contribution in [0.3, 0.4) is 0 Å². The number of carbonyl (C=O) groups is 1. The van der Waals surface area contributed by atoms with E-state index in [9.17, 15) is 18.0 Å². The monoisotopic (exact) mass is 358 g/mol. The molecule has 1 aromatic rings. The molecular formula is C18H25F3N2O2. The second-order valence-electron chi connectivity index (χ2n) is 7.44. The Morgan fingerprint density at radius 3 is 2.36 bits per heavy atom. The fourth-order valence-corrected chi connectivity index (χ4v) is 3.13. The van der Waals surface area contributed by atoms with Gasteiger partial charge >= 0.3 is 12.3 Å². The molecule has 1 amide bonds. The first-order valence-electron chi connectivity index (χ1n) is 8.36. The lowest BCUT2D eigenvalue weighted by atomic mass is 9.85. The van der Waals surface area contributed by atoms with Crippen molar-refractivity contribution in [1.82, 2.24) is 4.90 Å². The largest absolute Gasteiger partial charge is 0.444 e. The lowest BCUT2D eigenvalue weighted by Crippen LogP contribution is -2.36. The van der Waals surface area contributed by atoms with Gasteiger partial charge in [-0.05, 0) is 57.4 Å². The van der Waals surface area contributed by atoms with Crippen LogP contribution in [0.2, 0.25) is 0 Å². The van der Waals surface area contributed by atoms with Gasteiger partial charge in [-0.3, -0.25) is 0 Å². The molecule has 4 nitrogen and oxygen atoms in total. The van der Waals surface area contributed by atoms with Crippen LogP contribution in [-0.4, -0.2) is 36.2 Å². The smallest absolute Gasteiger partial charge is 0.416 e. The number of nitrogens with zero attached hydrogens (tertiary/aromatic N) is 1. The normalized spacial score (nSPS) is 19.8. The first kappa shape index (κ1) is 19.6. The standard InChI is InChI=1S/C18H25F3N2O2/c1-17(2,3)25-16(24)23-9-8-13(11-23)15(10-22)12-4-6-14(7-5-12)18(19,20)21/h4-7,13,15H,8-11,22H2,1-3H3. The molecule has 0 aromatic heterocycles. The number of nitrogens with two attached hydrogens (primary N) is 1. The van der Waals surface area contributed by atoms with Gasteiger partial charge in [0.15, 0.2) is 0 Å². The molecule has 0 radical (unpaired) electrons. The van der Waals surface area contributed by atoms with Crippen molar-refractivity contribution < 1.29 is 22.7 Å². The third-order valence-electron chi connectivity index (χ3n) is 4.37. The average molecular weight is 358 g/mol. The molecule has 1 aromatic carbocycles. The van der Waals surface area contributed by atoms with Gasteiger partial charge in [-0.15, -0.1) is 0 Å². The van der Waals surface area contributed by atoms with Crippen molar-refractivity contribution >= 4 is 6.09 Å². The highest BCUT2D eigenvalue weighted by atomic mass is 19.4. The van der Waals surface area contributed by atoms with Crippen LogP contribution in [0.1, 0.15) is 44.2 Å². The van der Waals surface area contributed by atoms with Crippen LogP contribution < -0.4 is 5.73 Å². The Hall–Kier alpha value is -1.76. The summed E-state index contributed by atoms with van der Waals surface area (Å²) in [5.41, 5.74) is 5.41. The van der Waals surface area contributed by atoms with Crippen molar-refractivity contribution in [2.75, 3.05) is 19.6 Å². The molecule has 1 heterocycles. The van der Waals surface area contributed by atoms with Gasteiger partial charge in [-0.25, -0.2) is 4.79 Å². The number of alkyl halides is 3. The lowest BCUT2D eigenvalue weighted by molar-refractivity contribution is -0.137. The van der Waals surface area contributed by atoms with Crippen LogP contribution in [0.25, 0.3) is 0 Å². The van der Waals surface area contributed by atoms with Gasteiger partial charge in [0.25, 0.3) is 0 Å². The van der Waals surface area contributed by atoms with Gasteiger partial charge in [0.05, 0.1) is 5.56 Å². The maximum Gasteiger partial charge on any atom is 0.416 e. The molecule has 0 aliphatic carbocycles. The van der Waals surface area contributed by atoms with Gasteiger partial charge in [-0.2, -0.15) is 13.2 Å². The zero-order valence-corrected chi connectivity index (χ0v) is 14.8. The highest BCUT2D eigenvalue weighted by Gasteiger charge is 2.35. The van der Waals surface area contributed by atoms with Crippen LogP contribution in [0.4, 0.5) is 18.0 Å². The molecule has 0 bridgehead atoms. The van der Waals surface area contributed by atoms with Crippen LogP contribution in [0, 0.1) is 5.92 Å². The minimum atomic E-state index is -4.35. The molecule has 7 heteroatoms. The summed E-state index contributed by atoms with van der Waals surface area (Å²) in [6.45, 7) is 6.81. The van der Waals surface area contributed by atoms with Crippen molar-refractivity contribution in [1.29, 1.82) is 0 Å². The molecular weight excluding hydrogens is 333 g/mol. The maximum absolute atomic E-state index is 12.7. The fourth-order valence-electron chi connectivity index (χ4n) is 3.13. The highest BCUT2D eigenvalue weighted by Crippen LogP contribution is 2.34. The lowest BCUT2D eigenvalue weighted by Gasteiger charge is -2.26. The number of halogens is 3. The molecule has 25 heavy (non-hydrogen) atoms. The van der Waals surface area contributed by atoms with E-state index < -0.39 is 17.3 Å². The Kier molecular flexibility index (Phi) is 5.66. The van der Waals surface area contributed by atoms with Gasteiger partial charge in [0.1, 0.15) is 5.60 Å². The summed E-state index contributed by atoms with van der Waals surface area (Å²) in [7, 11) is 0. The van der Waals surface area contributed by atoms with E-state index in [0.717, 1.165) is 24.1 Å². The summed E-state index contributed by atoms with van der Waals surface area (Å²) in [5.74, 6) is 0.0176. The van der Waals surface area contributed by atoms with E-state index >= 15 is 0 Å². The van der Waals surface area contributed by atoms with Crippen molar-refractivity contribution in [3.63, 3.8) is 0 Å². The van der Waals surface area contributed by atoms with Crippen LogP contribution in [0.5, 0.6) is 0 Å². The van der Waals surface area contributed by atoms with E-state index in [1.54, 1.807) is 4.90 Å². The van der Waals surface area contributed by atoms with Crippen LogP contribution in [0.15, 0.2) is 24.3 Å². The number of hydrogen-bond acceptors (Lipinski definition) is 3. The Labute approximate surface area is 146 Å². The van der Waals surface area contributed by atoms with Crippen molar-refractivity contribution in [3.8, 4) is 0 Å². The number of ether oxygens (including phenoxy) is 1. The number of likely N-dealkylation sites (tertiary alicyclic amines) is 1. The van der Waals surface area contributed by atoms with Crippen molar-refractivity contribution in [2.45, 2.75) is 44.9 Å². The summed E-state index contributed by atoms with van der Waals surface area (Å²) in [4.78, 5) is 13.8. The van der Waals surface area contributed by atoms with Crippen LogP contribution in [-0.2, 0) is 10.9 Å². The zero-order chi connectivity index (χ0) is 18.8. The maximum atomic E-state index is 12.7. The second kappa shape index (κ2) is 7.23. The summed E-state index contributed by atoms with van der Waals surface area (Å²) in [6, 6.07) is 5.13. The first-order chi connectivity index (χ1) is 11.5. The highest BCUT2D eigenvalue weighted by molar-refractivity contribution is 5.68.